The van der Waals surface area contributed by atoms with E-state index in [0.29, 0.717) is 17.9 Å². The number of rotatable bonds is 4. The summed E-state index contributed by atoms with van der Waals surface area (Å²) in [6.45, 7) is 4.19. The third-order valence-electron chi connectivity index (χ3n) is 4.14. The Morgan fingerprint density at radius 1 is 1.11 bits per heavy atom. The molecule has 0 aliphatic rings. The number of hydrogen-bond donors (Lipinski definition) is 2. The van der Waals surface area contributed by atoms with Crippen molar-refractivity contribution in [3.05, 3.63) is 82.5 Å². The smallest absolute Gasteiger partial charge is 0.319 e. The molecule has 27 heavy (non-hydrogen) atoms. The minimum atomic E-state index is -0.311. The van der Waals surface area contributed by atoms with E-state index in [9.17, 15) is 14.0 Å². The van der Waals surface area contributed by atoms with Gasteiger partial charge in [0.1, 0.15) is 5.82 Å². The molecule has 0 unspecified atom stereocenters. The van der Waals surface area contributed by atoms with Gasteiger partial charge in [-0.1, -0.05) is 18.2 Å². The topological polar surface area (TPSA) is 63.1 Å². The summed E-state index contributed by atoms with van der Waals surface area (Å²) in [6.07, 6.45) is 1.73. The Hall–Kier alpha value is -3.41. The molecule has 0 fully saturated rings. The number of nitrogens with zero attached hydrogens (tertiary/aromatic N) is 1. The van der Waals surface area contributed by atoms with Crippen LogP contribution >= 0.6 is 0 Å². The highest BCUT2D eigenvalue weighted by Crippen LogP contribution is 2.24. The first-order valence-electron chi connectivity index (χ1n) is 8.62. The molecule has 0 atom stereocenters. The van der Waals surface area contributed by atoms with Crippen molar-refractivity contribution in [1.82, 2.24) is 9.88 Å². The molecule has 0 radical (unpaired) electrons. The van der Waals surface area contributed by atoms with Gasteiger partial charge in [-0.2, -0.15) is 0 Å². The van der Waals surface area contributed by atoms with Crippen LogP contribution in [0.5, 0.6) is 0 Å². The number of carbonyl (C=O) groups excluding carboxylic acids is 1. The van der Waals surface area contributed by atoms with E-state index in [0.717, 1.165) is 16.7 Å². The van der Waals surface area contributed by atoms with Crippen LogP contribution in [-0.4, -0.2) is 17.1 Å². The van der Waals surface area contributed by atoms with Gasteiger partial charge in [-0.3, -0.25) is 9.36 Å². The van der Waals surface area contributed by atoms with Gasteiger partial charge in [0.25, 0.3) is 5.56 Å². The van der Waals surface area contributed by atoms with Crippen LogP contribution in [0.25, 0.3) is 16.8 Å². The lowest BCUT2D eigenvalue weighted by Gasteiger charge is -2.13. The molecule has 6 heteroatoms. The Balaban J connectivity index is 2.02. The Morgan fingerprint density at radius 3 is 2.56 bits per heavy atom. The largest absolute Gasteiger partial charge is 0.338 e. The Morgan fingerprint density at radius 2 is 1.85 bits per heavy atom. The fraction of sp³-hybridized carbons (Fsp3) is 0.143. The van der Waals surface area contributed by atoms with Gasteiger partial charge in [-0.05, 0) is 55.3 Å². The molecular formula is C21H20FN3O2. The predicted molar refractivity (Wildman–Crippen MR) is 105 cm³/mol. The molecule has 1 heterocycles. The Labute approximate surface area is 156 Å². The number of aromatic nitrogens is 1. The second kappa shape index (κ2) is 7.86. The standard InChI is InChI=1S/C21H20FN3O2/c1-3-23-21(27)24-17-5-4-6-18(12-17)25-13-19(14(2)11-20(25)26)15-7-9-16(22)10-8-15/h4-13H,3H2,1-2H3,(H2,23,24,27). The maximum Gasteiger partial charge on any atom is 0.319 e. The fourth-order valence-electron chi connectivity index (χ4n) is 2.83. The van der Waals surface area contributed by atoms with E-state index in [1.165, 1.54) is 16.7 Å². The molecule has 138 valence electrons. The van der Waals surface area contributed by atoms with Crippen molar-refractivity contribution in [3.63, 3.8) is 0 Å². The first kappa shape index (κ1) is 18.4. The van der Waals surface area contributed by atoms with E-state index in [1.54, 1.807) is 48.7 Å². The minimum Gasteiger partial charge on any atom is -0.338 e. The summed E-state index contributed by atoms with van der Waals surface area (Å²) in [5.41, 5.74) is 3.47. The monoisotopic (exact) mass is 365 g/mol. The molecule has 0 saturated carbocycles. The third-order valence-corrected chi connectivity index (χ3v) is 4.14. The first-order valence-corrected chi connectivity index (χ1v) is 8.62. The van der Waals surface area contributed by atoms with E-state index in [-0.39, 0.29) is 17.4 Å². The van der Waals surface area contributed by atoms with Crippen LogP contribution in [0.2, 0.25) is 0 Å². The number of anilines is 1. The summed E-state index contributed by atoms with van der Waals surface area (Å²) in [5.74, 6) is -0.311. The van der Waals surface area contributed by atoms with Crippen LogP contribution in [0, 0.1) is 12.7 Å². The molecule has 2 aromatic carbocycles. The van der Waals surface area contributed by atoms with Gasteiger partial charge in [0.2, 0.25) is 0 Å². The van der Waals surface area contributed by atoms with Gasteiger partial charge in [-0.25, -0.2) is 9.18 Å². The number of amides is 2. The fourth-order valence-corrected chi connectivity index (χ4v) is 2.83. The van der Waals surface area contributed by atoms with Gasteiger partial charge >= 0.3 is 6.03 Å². The third kappa shape index (κ3) is 4.23. The van der Waals surface area contributed by atoms with Gasteiger partial charge < -0.3 is 10.6 Å². The number of aryl methyl sites for hydroxylation is 1. The van der Waals surface area contributed by atoms with E-state index < -0.39 is 0 Å². The highest BCUT2D eigenvalue weighted by molar-refractivity contribution is 5.89. The predicted octanol–water partition coefficient (Wildman–Crippen LogP) is 4.09. The zero-order chi connectivity index (χ0) is 19.4. The average molecular weight is 365 g/mol. The zero-order valence-electron chi connectivity index (χ0n) is 15.1. The van der Waals surface area contributed by atoms with Crippen molar-refractivity contribution in [2.75, 3.05) is 11.9 Å². The Bertz CT molecular complexity index is 1030. The summed E-state index contributed by atoms with van der Waals surface area (Å²) >= 11 is 0. The lowest BCUT2D eigenvalue weighted by atomic mass is 10.0. The first-order chi connectivity index (χ1) is 13.0. The zero-order valence-corrected chi connectivity index (χ0v) is 15.1. The van der Waals surface area contributed by atoms with E-state index >= 15 is 0 Å². The van der Waals surface area contributed by atoms with Crippen LogP contribution < -0.4 is 16.2 Å². The quantitative estimate of drug-likeness (QED) is 0.731. The maximum atomic E-state index is 13.2. The summed E-state index contributed by atoms with van der Waals surface area (Å²) in [4.78, 5) is 24.2. The number of pyridine rings is 1. The molecule has 0 spiro atoms. The molecule has 3 aromatic rings. The van der Waals surface area contributed by atoms with Gasteiger partial charge in [0.15, 0.2) is 0 Å². The highest BCUT2D eigenvalue weighted by atomic mass is 19.1. The summed E-state index contributed by atoms with van der Waals surface area (Å²) in [5, 5.41) is 5.39. The molecule has 3 rings (SSSR count). The van der Waals surface area contributed by atoms with E-state index in [1.807, 2.05) is 13.8 Å². The van der Waals surface area contributed by atoms with Gasteiger partial charge in [0, 0.05) is 30.1 Å². The highest BCUT2D eigenvalue weighted by Gasteiger charge is 2.09. The van der Waals surface area contributed by atoms with Gasteiger partial charge in [0.05, 0.1) is 5.69 Å². The molecule has 5 nitrogen and oxygen atoms in total. The minimum absolute atomic E-state index is 0.187. The summed E-state index contributed by atoms with van der Waals surface area (Å²) in [6, 6.07) is 14.4. The van der Waals surface area contributed by atoms with Crippen LogP contribution in [0.3, 0.4) is 0 Å². The van der Waals surface area contributed by atoms with Crippen LogP contribution in [0.4, 0.5) is 14.9 Å². The number of urea groups is 1. The number of nitrogens with one attached hydrogen (secondary N) is 2. The van der Waals surface area contributed by atoms with Crippen molar-refractivity contribution in [2.24, 2.45) is 0 Å². The molecule has 0 aliphatic heterocycles. The average Bonchev–Trinajstić information content (AvgIpc) is 2.63. The van der Waals surface area contributed by atoms with Crippen LogP contribution in [0.1, 0.15) is 12.5 Å². The number of carbonyl (C=O) groups is 1. The molecule has 0 aliphatic carbocycles. The van der Waals surface area contributed by atoms with Crippen molar-refractivity contribution >= 4 is 11.7 Å². The normalized spacial score (nSPS) is 10.5. The van der Waals surface area contributed by atoms with Crippen molar-refractivity contribution < 1.29 is 9.18 Å². The van der Waals surface area contributed by atoms with Gasteiger partial charge in [-0.15, -0.1) is 0 Å². The number of halogens is 1. The van der Waals surface area contributed by atoms with Crippen molar-refractivity contribution in [2.45, 2.75) is 13.8 Å². The molecule has 1 aromatic heterocycles. The summed E-state index contributed by atoms with van der Waals surface area (Å²) < 4.78 is 14.7. The molecule has 0 saturated heterocycles. The van der Waals surface area contributed by atoms with E-state index in [2.05, 4.69) is 10.6 Å². The van der Waals surface area contributed by atoms with E-state index in [4.69, 9.17) is 0 Å². The maximum absolute atomic E-state index is 13.2. The lowest BCUT2D eigenvalue weighted by molar-refractivity contribution is 0.252. The SMILES string of the molecule is CCNC(=O)Nc1cccc(-n2cc(-c3ccc(F)cc3)c(C)cc2=O)c1. The van der Waals surface area contributed by atoms with Crippen molar-refractivity contribution in [1.29, 1.82) is 0 Å². The molecule has 2 N–H and O–H groups in total. The van der Waals surface area contributed by atoms with Crippen molar-refractivity contribution in [3.8, 4) is 16.8 Å². The summed E-state index contributed by atoms with van der Waals surface area (Å²) in [7, 11) is 0. The Kier molecular flexibility index (Phi) is 5.35. The second-order valence-electron chi connectivity index (χ2n) is 6.12. The molecule has 0 bridgehead atoms. The number of benzene rings is 2. The molecular weight excluding hydrogens is 345 g/mol. The molecule has 2 amide bonds. The lowest BCUT2D eigenvalue weighted by Crippen LogP contribution is -2.28. The van der Waals surface area contributed by atoms with Crippen LogP contribution in [0.15, 0.2) is 65.6 Å². The number of hydrogen-bond acceptors (Lipinski definition) is 2. The second-order valence-corrected chi connectivity index (χ2v) is 6.12. The van der Waals surface area contributed by atoms with Crippen LogP contribution in [-0.2, 0) is 0 Å².